The van der Waals surface area contributed by atoms with E-state index < -0.39 is 0 Å². The van der Waals surface area contributed by atoms with Gasteiger partial charge in [0, 0.05) is 5.92 Å². The van der Waals surface area contributed by atoms with E-state index in [9.17, 15) is 0 Å². The van der Waals surface area contributed by atoms with Gasteiger partial charge in [0.1, 0.15) is 0 Å². The molecule has 0 aromatic carbocycles. The fourth-order valence-electron chi connectivity index (χ4n) is 1.16. The average Bonchev–Trinajstić information content (AvgIpc) is 2.03. The van der Waals surface area contributed by atoms with Crippen molar-refractivity contribution in [1.29, 1.82) is 0 Å². The molecule has 1 fully saturated rings. The topological polar surface area (TPSA) is 18.5 Å². The van der Waals surface area contributed by atoms with Crippen molar-refractivity contribution in [2.45, 2.75) is 59.0 Å². The van der Waals surface area contributed by atoms with E-state index in [1.54, 1.807) is 0 Å². The maximum Gasteiger partial charge on any atom is 0.161 e. The lowest BCUT2D eigenvalue weighted by Gasteiger charge is -2.30. The largest absolute Gasteiger partial charge is 0.344 e. The van der Waals surface area contributed by atoms with Crippen molar-refractivity contribution in [2.24, 2.45) is 5.92 Å². The Labute approximate surface area is 75.2 Å². The minimum atomic E-state index is -0.179. The van der Waals surface area contributed by atoms with Gasteiger partial charge in [0.25, 0.3) is 0 Å². The van der Waals surface area contributed by atoms with Crippen molar-refractivity contribution in [3.63, 3.8) is 0 Å². The monoisotopic (exact) mass is 172 g/mol. The lowest BCUT2D eigenvalue weighted by Crippen LogP contribution is -2.41. The molecule has 0 spiro atoms. The van der Waals surface area contributed by atoms with Gasteiger partial charge in [0.05, 0.1) is 11.2 Å². The lowest BCUT2D eigenvalue weighted by molar-refractivity contribution is -0.114. The maximum atomic E-state index is 5.80. The first kappa shape index (κ1) is 10.0. The fourth-order valence-corrected chi connectivity index (χ4v) is 1.16. The Morgan fingerprint density at radius 1 is 0.917 bits per heavy atom. The maximum absolute atomic E-state index is 5.80. The highest BCUT2D eigenvalue weighted by Gasteiger charge is 2.49. The lowest BCUT2D eigenvalue weighted by atomic mass is 9.90. The van der Waals surface area contributed by atoms with Crippen LogP contribution in [0.4, 0.5) is 0 Å². The number of hydrogen-bond acceptors (Lipinski definition) is 2. The average molecular weight is 172 g/mol. The van der Waals surface area contributed by atoms with Gasteiger partial charge < -0.3 is 9.47 Å². The summed E-state index contributed by atoms with van der Waals surface area (Å²) in [5, 5.41) is 0. The van der Waals surface area contributed by atoms with Crippen LogP contribution in [-0.4, -0.2) is 17.5 Å². The summed E-state index contributed by atoms with van der Waals surface area (Å²) in [6.45, 7) is 12.5. The summed E-state index contributed by atoms with van der Waals surface area (Å²) in [6.07, 6.45) is -0.0463. The summed E-state index contributed by atoms with van der Waals surface area (Å²) >= 11 is 0. The van der Waals surface area contributed by atoms with E-state index in [-0.39, 0.29) is 17.5 Å². The zero-order valence-corrected chi connectivity index (χ0v) is 8.97. The van der Waals surface area contributed by atoms with E-state index >= 15 is 0 Å². The van der Waals surface area contributed by atoms with Crippen LogP contribution in [0.2, 0.25) is 0 Å². The molecule has 0 amide bonds. The van der Waals surface area contributed by atoms with Crippen LogP contribution in [0, 0.1) is 5.92 Å². The first-order valence-electron chi connectivity index (χ1n) is 4.62. The Bertz CT molecular complexity index is 155. The Morgan fingerprint density at radius 3 is 1.42 bits per heavy atom. The molecule has 1 aliphatic heterocycles. The SMILES string of the molecule is CC(C)C1OC(C)(C)C(C)(C)O1. The summed E-state index contributed by atoms with van der Waals surface area (Å²) in [4.78, 5) is 0. The van der Waals surface area contributed by atoms with Crippen molar-refractivity contribution >= 4 is 0 Å². The standard InChI is InChI=1S/C10H20O2/c1-7(2)8-11-9(3,4)10(5,6)12-8/h7-8H,1-6H3. The number of hydrogen-bond donors (Lipinski definition) is 0. The molecule has 0 unspecified atom stereocenters. The minimum absolute atomic E-state index is 0.0463. The molecule has 0 aromatic heterocycles. The third kappa shape index (κ3) is 1.50. The van der Waals surface area contributed by atoms with E-state index in [4.69, 9.17) is 9.47 Å². The molecule has 0 atom stereocenters. The predicted molar refractivity (Wildman–Crippen MR) is 49.0 cm³/mol. The molecule has 0 aliphatic carbocycles. The Kier molecular flexibility index (Phi) is 2.26. The quantitative estimate of drug-likeness (QED) is 0.605. The summed E-state index contributed by atoms with van der Waals surface area (Å²) in [6, 6.07) is 0. The van der Waals surface area contributed by atoms with Crippen molar-refractivity contribution in [1.82, 2.24) is 0 Å². The van der Waals surface area contributed by atoms with Crippen LogP contribution in [0.5, 0.6) is 0 Å². The molecule has 0 aromatic rings. The summed E-state index contributed by atoms with van der Waals surface area (Å²) in [5.41, 5.74) is -0.357. The van der Waals surface area contributed by atoms with Gasteiger partial charge in [-0.05, 0) is 27.7 Å². The van der Waals surface area contributed by atoms with Crippen LogP contribution < -0.4 is 0 Å². The van der Waals surface area contributed by atoms with Crippen molar-refractivity contribution in [3.8, 4) is 0 Å². The molecule has 1 aliphatic rings. The van der Waals surface area contributed by atoms with E-state index in [2.05, 4.69) is 41.5 Å². The van der Waals surface area contributed by atoms with Gasteiger partial charge in [-0.25, -0.2) is 0 Å². The molecule has 0 radical (unpaired) electrons. The predicted octanol–water partition coefficient (Wildman–Crippen LogP) is 2.57. The molecule has 1 heterocycles. The summed E-state index contributed by atoms with van der Waals surface area (Å²) in [7, 11) is 0. The molecular weight excluding hydrogens is 152 g/mol. The normalized spacial score (nSPS) is 28.2. The molecule has 1 rings (SSSR count). The van der Waals surface area contributed by atoms with Crippen LogP contribution >= 0.6 is 0 Å². The first-order chi connectivity index (χ1) is 5.26. The zero-order valence-electron chi connectivity index (χ0n) is 8.97. The van der Waals surface area contributed by atoms with E-state index in [1.807, 2.05) is 0 Å². The molecule has 0 saturated carbocycles. The molecular formula is C10H20O2. The van der Waals surface area contributed by atoms with Crippen molar-refractivity contribution < 1.29 is 9.47 Å². The third-order valence-corrected chi connectivity index (χ3v) is 2.82. The molecule has 2 heteroatoms. The fraction of sp³-hybridized carbons (Fsp3) is 1.00. The second-order valence-electron chi connectivity index (χ2n) is 4.87. The van der Waals surface area contributed by atoms with Gasteiger partial charge in [0.15, 0.2) is 6.29 Å². The zero-order chi connectivity index (χ0) is 9.57. The van der Waals surface area contributed by atoms with Crippen LogP contribution in [0.3, 0.4) is 0 Å². The van der Waals surface area contributed by atoms with E-state index in [0.717, 1.165) is 0 Å². The van der Waals surface area contributed by atoms with Crippen LogP contribution in [0.25, 0.3) is 0 Å². The van der Waals surface area contributed by atoms with Gasteiger partial charge in [-0.3, -0.25) is 0 Å². The molecule has 1 saturated heterocycles. The number of rotatable bonds is 1. The molecule has 0 bridgehead atoms. The Hall–Kier alpha value is -0.0800. The van der Waals surface area contributed by atoms with Gasteiger partial charge in [-0.1, -0.05) is 13.8 Å². The third-order valence-electron chi connectivity index (χ3n) is 2.82. The molecule has 2 nitrogen and oxygen atoms in total. The van der Waals surface area contributed by atoms with Gasteiger partial charge in [0.2, 0.25) is 0 Å². The van der Waals surface area contributed by atoms with Crippen molar-refractivity contribution in [3.05, 3.63) is 0 Å². The van der Waals surface area contributed by atoms with Crippen molar-refractivity contribution in [2.75, 3.05) is 0 Å². The van der Waals surface area contributed by atoms with Crippen LogP contribution in [0.1, 0.15) is 41.5 Å². The summed E-state index contributed by atoms with van der Waals surface area (Å²) < 4.78 is 11.6. The van der Waals surface area contributed by atoms with E-state index in [1.165, 1.54) is 0 Å². The highest BCUT2D eigenvalue weighted by Crippen LogP contribution is 2.40. The second kappa shape index (κ2) is 2.71. The van der Waals surface area contributed by atoms with E-state index in [0.29, 0.717) is 5.92 Å². The van der Waals surface area contributed by atoms with Gasteiger partial charge >= 0.3 is 0 Å². The molecule has 0 N–H and O–H groups in total. The Morgan fingerprint density at radius 2 is 1.25 bits per heavy atom. The van der Waals surface area contributed by atoms with Crippen LogP contribution in [0.15, 0.2) is 0 Å². The van der Waals surface area contributed by atoms with Gasteiger partial charge in [-0.2, -0.15) is 0 Å². The highest BCUT2D eigenvalue weighted by atomic mass is 16.7. The van der Waals surface area contributed by atoms with Crippen LogP contribution in [-0.2, 0) is 9.47 Å². The molecule has 12 heavy (non-hydrogen) atoms. The van der Waals surface area contributed by atoms with Gasteiger partial charge in [-0.15, -0.1) is 0 Å². The highest BCUT2D eigenvalue weighted by molar-refractivity contribution is 4.94. The summed E-state index contributed by atoms with van der Waals surface area (Å²) in [5.74, 6) is 0.422. The number of ether oxygens (including phenoxy) is 2. The Balaban J connectivity index is 2.74. The second-order valence-corrected chi connectivity index (χ2v) is 4.87. The smallest absolute Gasteiger partial charge is 0.161 e. The molecule has 72 valence electrons. The first-order valence-corrected chi connectivity index (χ1v) is 4.62. The minimum Gasteiger partial charge on any atom is -0.344 e.